The van der Waals surface area contributed by atoms with Crippen molar-refractivity contribution in [2.45, 2.75) is 380 Å². The fourth-order valence-electron chi connectivity index (χ4n) is 10.6. The Kier molecular flexibility index (Phi) is 62.1. The van der Waals surface area contributed by atoms with Gasteiger partial charge in [0.25, 0.3) is 0 Å². The maximum absolute atomic E-state index is 13.0. The standard InChI is InChI=1S/C70H136O17P2/c1-6-9-12-15-18-20-21-28-32-35-40-44-49-54-68(73)81-60-66(87-70(75)56-51-46-41-36-33-30-27-25-23-22-24-26-29-31-34-38-42-47-52-63(4)5)62-85-89(78,79)83-58-64(71)57-82-88(76,77)84-61-65(59-80-67(72)53-48-43-37-17-14-11-8-3)86-69(74)55-50-45-39-19-16-13-10-7-2/h63-66,71H,6-62H2,1-5H3,(H,76,77)(H,78,79)/t64-,65+,66+/m0/s1. The molecule has 0 aliphatic carbocycles. The van der Waals surface area contributed by atoms with Crippen LogP contribution in [0, 0.1) is 5.92 Å². The maximum Gasteiger partial charge on any atom is 0.472 e. The molecule has 89 heavy (non-hydrogen) atoms. The first-order valence-corrected chi connectivity index (χ1v) is 39.6. The molecule has 0 aromatic carbocycles. The fourth-order valence-corrected chi connectivity index (χ4v) is 12.2. The van der Waals surface area contributed by atoms with E-state index in [1.165, 1.54) is 167 Å². The van der Waals surface area contributed by atoms with Crippen molar-refractivity contribution in [3.05, 3.63) is 0 Å². The van der Waals surface area contributed by atoms with Crippen molar-refractivity contribution in [1.29, 1.82) is 0 Å². The van der Waals surface area contributed by atoms with E-state index in [4.69, 9.17) is 37.0 Å². The third-order valence-corrected chi connectivity index (χ3v) is 18.2. The summed E-state index contributed by atoms with van der Waals surface area (Å²) in [6.07, 6.45) is 50.2. The van der Waals surface area contributed by atoms with Gasteiger partial charge in [-0.15, -0.1) is 0 Å². The molecule has 2 unspecified atom stereocenters. The molecule has 0 saturated carbocycles. The number of hydrogen-bond acceptors (Lipinski definition) is 15. The van der Waals surface area contributed by atoms with Crippen molar-refractivity contribution in [3.63, 3.8) is 0 Å². The largest absolute Gasteiger partial charge is 0.472 e. The number of carbonyl (C=O) groups excluding carboxylic acids is 4. The number of phosphoric acid groups is 2. The molecule has 0 saturated heterocycles. The quantitative estimate of drug-likeness (QED) is 0.0222. The number of esters is 4. The Bertz CT molecular complexity index is 1720. The SMILES string of the molecule is CCCCCCCCCCCCCCCC(=O)OC[C@H](COP(=O)(O)OC[C@@H](O)COP(=O)(O)OC[C@@H](COC(=O)CCCCCCCCC)OC(=O)CCCCCCCCCC)OC(=O)CCCCCCCCCCCCCCCCCCCCC(C)C. The number of carbonyl (C=O) groups is 4. The molecule has 528 valence electrons. The predicted molar refractivity (Wildman–Crippen MR) is 358 cm³/mol. The van der Waals surface area contributed by atoms with E-state index in [9.17, 15) is 43.2 Å². The molecule has 0 rings (SSSR count). The molecule has 0 fully saturated rings. The first-order valence-electron chi connectivity index (χ1n) is 36.6. The summed E-state index contributed by atoms with van der Waals surface area (Å²) in [7, 11) is -9.89. The van der Waals surface area contributed by atoms with Gasteiger partial charge in [0.2, 0.25) is 0 Å². The number of unbranched alkanes of at least 4 members (excludes halogenated alkanes) is 42. The van der Waals surface area contributed by atoms with Gasteiger partial charge in [0, 0.05) is 25.7 Å². The highest BCUT2D eigenvalue weighted by molar-refractivity contribution is 7.47. The molecule has 5 atom stereocenters. The molecule has 19 heteroatoms. The van der Waals surface area contributed by atoms with Gasteiger partial charge in [-0.25, -0.2) is 9.13 Å². The van der Waals surface area contributed by atoms with Crippen LogP contribution in [0.4, 0.5) is 0 Å². The lowest BCUT2D eigenvalue weighted by Crippen LogP contribution is -2.30. The normalized spacial score (nSPS) is 14.1. The minimum Gasteiger partial charge on any atom is -0.462 e. The van der Waals surface area contributed by atoms with Crippen molar-refractivity contribution >= 4 is 39.5 Å². The fraction of sp³-hybridized carbons (Fsp3) is 0.943. The zero-order valence-corrected chi connectivity index (χ0v) is 59.4. The van der Waals surface area contributed by atoms with Crippen LogP contribution in [0.3, 0.4) is 0 Å². The summed E-state index contributed by atoms with van der Waals surface area (Å²) in [5.74, 6) is -1.31. The molecule has 0 aromatic rings. The lowest BCUT2D eigenvalue weighted by molar-refractivity contribution is -0.161. The molecule has 0 aliphatic rings. The van der Waals surface area contributed by atoms with Crippen molar-refractivity contribution in [2.75, 3.05) is 39.6 Å². The Labute approximate surface area is 543 Å². The average Bonchev–Trinajstić information content (AvgIpc) is 3.64. The third kappa shape index (κ3) is 64.6. The second kappa shape index (κ2) is 63.5. The van der Waals surface area contributed by atoms with E-state index in [2.05, 4.69) is 34.6 Å². The summed E-state index contributed by atoms with van der Waals surface area (Å²) < 4.78 is 68.1. The van der Waals surface area contributed by atoms with E-state index in [1.54, 1.807) is 0 Å². The Morgan fingerprint density at radius 1 is 0.303 bits per heavy atom. The van der Waals surface area contributed by atoms with Gasteiger partial charge in [0.15, 0.2) is 12.2 Å². The van der Waals surface area contributed by atoms with Crippen molar-refractivity contribution in [3.8, 4) is 0 Å². The second-order valence-corrected chi connectivity index (χ2v) is 28.7. The van der Waals surface area contributed by atoms with Crippen molar-refractivity contribution in [2.24, 2.45) is 5.92 Å². The van der Waals surface area contributed by atoms with Crippen LogP contribution in [0.5, 0.6) is 0 Å². The molecule has 0 bridgehead atoms. The van der Waals surface area contributed by atoms with Gasteiger partial charge in [-0.1, -0.05) is 311 Å². The maximum atomic E-state index is 13.0. The van der Waals surface area contributed by atoms with Crippen LogP contribution in [-0.4, -0.2) is 96.7 Å². The van der Waals surface area contributed by atoms with Crippen LogP contribution in [0.25, 0.3) is 0 Å². The zero-order valence-electron chi connectivity index (χ0n) is 57.6. The van der Waals surface area contributed by atoms with Gasteiger partial charge >= 0.3 is 39.5 Å². The van der Waals surface area contributed by atoms with Gasteiger partial charge in [-0.3, -0.25) is 37.3 Å². The smallest absolute Gasteiger partial charge is 0.462 e. The monoisotopic (exact) mass is 1310 g/mol. The van der Waals surface area contributed by atoms with Gasteiger partial charge in [-0.2, -0.15) is 0 Å². The summed E-state index contributed by atoms with van der Waals surface area (Å²) in [6.45, 7) is 7.21. The lowest BCUT2D eigenvalue weighted by Gasteiger charge is -2.21. The average molecular weight is 1310 g/mol. The molecule has 0 aliphatic heterocycles. The van der Waals surface area contributed by atoms with Crippen LogP contribution in [0.2, 0.25) is 0 Å². The number of hydrogen-bond donors (Lipinski definition) is 3. The van der Waals surface area contributed by atoms with Crippen molar-refractivity contribution < 1.29 is 80.2 Å². The van der Waals surface area contributed by atoms with Crippen LogP contribution in [0.15, 0.2) is 0 Å². The highest BCUT2D eigenvalue weighted by atomic mass is 31.2. The van der Waals surface area contributed by atoms with Gasteiger partial charge in [0.05, 0.1) is 26.4 Å². The third-order valence-electron chi connectivity index (χ3n) is 16.3. The Morgan fingerprint density at radius 2 is 0.517 bits per heavy atom. The minimum atomic E-state index is -4.95. The predicted octanol–water partition coefficient (Wildman–Crippen LogP) is 20.1. The van der Waals surface area contributed by atoms with Crippen LogP contribution < -0.4 is 0 Å². The van der Waals surface area contributed by atoms with Crippen LogP contribution >= 0.6 is 15.6 Å². The molecule has 0 spiro atoms. The second-order valence-electron chi connectivity index (χ2n) is 25.7. The Hall–Kier alpha value is -1.94. The summed E-state index contributed by atoms with van der Waals surface area (Å²) in [5.41, 5.74) is 0. The number of aliphatic hydroxyl groups is 1. The van der Waals surface area contributed by atoms with E-state index >= 15 is 0 Å². The number of phosphoric ester groups is 2. The van der Waals surface area contributed by atoms with Gasteiger partial charge < -0.3 is 33.8 Å². The van der Waals surface area contributed by atoms with E-state index in [0.717, 1.165) is 115 Å². The molecule has 3 N–H and O–H groups in total. The highest BCUT2D eigenvalue weighted by Gasteiger charge is 2.30. The van der Waals surface area contributed by atoms with E-state index in [-0.39, 0.29) is 25.7 Å². The summed E-state index contributed by atoms with van der Waals surface area (Å²) in [4.78, 5) is 72.3. The highest BCUT2D eigenvalue weighted by Crippen LogP contribution is 2.45. The van der Waals surface area contributed by atoms with E-state index < -0.39 is 97.5 Å². The molecule has 17 nitrogen and oxygen atoms in total. The van der Waals surface area contributed by atoms with Gasteiger partial charge in [-0.05, 0) is 31.6 Å². The summed E-state index contributed by atoms with van der Waals surface area (Å²) in [6, 6.07) is 0. The number of rotatable bonds is 70. The van der Waals surface area contributed by atoms with E-state index in [0.29, 0.717) is 25.7 Å². The van der Waals surface area contributed by atoms with Crippen LogP contribution in [0.1, 0.15) is 362 Å². The number of aliphatic hydroxyl groups excluding tert-OH is 1. The molecular formula is C70H136O17P2. The molecule has 0 amide bonds. The van der Waals surface area contributed by atoms with Gasteiger partial charge in [0.1, 0.15) is 19.3 Å². The summed E-state index contributed by atoms with van der Waals surface area (Å²) in [5, 5.41) is 10.6. The molecule has 0 aromatic heterocycles. The topological polar surface area (TPSA) is 237 Å². The van der Waals surface area contributed by atoms with Crippen LogP contribution in [-0.2, 0) is 65.4 Å². The Balaban J connectivity index is 5.12. The lowest BCUT2D eigenvalue weighted by atomic mass is 10.0. The first kappa shape index (κ1) is 87.1. The molecular weight excluding hydrogens is 1170 g/mol. The first-order chi connectivity index (χ1) is 43.0. The zero-order chi connectivity index (χ0) is 65.6. The van der Waals surface area contributed by atoms with E-state index in [1.807, 2.05) is 0 Å². The molecule has 0 heterocycles. The Morgan fingerprint density at radius 3 is 0.764 bits per heavy atom. The summed E-state index contributed by atoms with van der Waals surface area (Å²) >= 11 is 0. The van der Waals surface area contributed by atoms with Crippen molar-refractivity contribution in [1.82, 2.24) is 0 Å². The number of ether oxygens (including phenoxy) is 4. The minimum absolute atomic E-state index is 0.105. The molecule has 0 radical (unpaired) electrons.